The van der Waals surface area contributed by atoms with Crippen molar-refractivity contribution in [3.8, 4) is 0 Å². The summed E-state index contributed by atoms with van der Waals surface area (Å²) in [5, 5.41) is 9.67. The van der Waals surface area contributed by atoms with E-state index < -0.39 is 8.32 Å². The molecule has 1 N–H and O–H groups in total. The standard InChI is InChI=1S/C14H24O2Si/c1-14(2,3)17(4,5)16-13(11-15)12-9-7-6-8-10-12/h6-10,13,15H,11H2,1-5H3. The van der Waals surface area contributed by atoms with Crippen LogP contribution in [-0.4, -0.2) is 20.0 Å². The van der Waals surface area contributed by atoms with E-state index in [9.17, 15) is 5.11 Å². The summed E-state index contributed by atoms with van der Waals surface area (Å²) < 4.78 is 6.23. The van der Waals surface area contributed by atoms with Crippen LogP contribution in [0.2, 0.25) is 18.1 Å². The topological polar surface area (TPSA) is 29.5 Å². The summed E-state index contributed by atoms with van der Waals surface area (Å²) in [6.45, 7) is 11.1. The van der Waals surface area contributed by atoms with E-state index in [1.54, 1.807) is 0 Å². The molecule has 0 heterocycles. The molecule has 1 aromatic rings. The Hall–Kier alpha value is -0.643. The van der Waals surface area contributed by atoms with Gasteiger partial charge in [0.1, 0.15) is 0 Å². The highest BCUT2D eigenvalue weighted by molar-refractivity contribution is 6.74. The molecule has 0 spiro atoms. The van der Waals surface area contributed by atoms with Crippen LogP contribution in [0.5, 0.6) is 0 Å². The molecule has 3 heteroatoms. The van der Waals surface area contributed by atoms with Gasteiger partial charge in [-0.3, -0.25) is 0 Å². The molecule has 0 aromatic heterocycles. The molecule has 1 rings (SSSR count). The highest BCUT2D eigenvalue weighted by Gasteiger charge is 2.39. The van der Waals surface area contributed by atoms with Gasteiger partial charge in [0.25, 0.3) is 0 Å². The summed E-state index contributed by atoms with van der Waals surface area (Å²) in [4.78, 5) is 0. The van der Waals surface area contributed by atoms with E-state index in [0.717, 1.165) is 5.56 Å². The van der Waals surface area contributed by atoms with Crippen molar-refractivity contribution in [3.05, 3.63) is 35.9 Å². The fourth-order valence-electron chi connectivity index (χ4n) is 1.41. The van der Waals surface area contributed by atoms with E-state index in [1.807, 2.05) is 30.3 Å². The maximum atomic E-state index is 9.51. The maximum Gasteiger partial charge on any atom is 0.193 e. The highest BCUT2D eigenvalue weighted by atomic mass is 28.4. The van der Waals surface area contributed by atoms with Gasteiger partial charge in [0.05, 0.1) is 12.7 Å². The molecule has 0 aliphatic rings. The third kappa shape index (κ3) is 3.66. The lowest BCUT2D eigenvalue weighted by Crippen LogP contribution is -2.42. The third-order valence-electron chi connectivity index (χ3n) is 3.58. The lowest BCUT2D eigenvalue weighted by atomic mass is 10.1. The average Bonchev–Trinajstić information content (AvgIpc) is 2.25. The van der Waals surface area contributed by atoms with E-state index in [1.165, 1.54) is 0 Å². The zero-order valence-electron chi connectivity index (χ0n) is 11.5. The molecule has 0 saturated heterocycles. The van der Waals surface area contributed by atoms with Gasteiger partial charge in [0.15, 0.2) is 8.32 Å². The maximum absolute atomic E-state index is 9.51. The fourth-order valence-corrected chi connectivity index (χ4v) is 2.69. The monoisotopic (exact) mass is 252 g/mol. The molecule has 17 heavy (non-hydrogen) atoms. The molecular weight excluding hydrogens is 228 g/mol. The molecule has 2 nitrogen and oxygen atoms in total. The number of hydrogen-bond acceptors (Lipinski definition) is 2. The Morgan fingerprint density at radius 1 is 1.18 bits per heavy atom. The van der Waals surface area contributed by atoms with Crippen LogP contribution in [-0.2, 0) is 4.43 Å². The number of aliphatic hydroxyl groups is 1. The number of benzene rings is 1. The van der Waals surface area contributed by atoms with Crippen molar-refractivity contribution in [3.63, 3.8) is 0 Å². The highest BCUT2D eigenvalue weighted by Crippen LogP contribution is 2.39. The second kappa shape index (κ2) is 5.34. The molecule has 96 valence electrons. The smallest absolute Gasteiger partial charge is 0.193 e. The lowest BCUT2D eigenvalue weighted by molar-refractivity contribution is 0.103. The van der Waals surface area contributed by atoms with E-state index in [0.29, 0.717) is 0 Å². The zero-order chi connectivity index (χ0) is 13.1. The average molecular weight is 252 g/mol. The van der Waals surface area contributed by atoms with Gasteiger partial charge in [0, 0.05) is 0 Å². The van der Waals surface area contributed by atoms with Crippen LogP contribution in [0.4, 0.5) is 0 Å². The van der Waals surface area contributed by atoms with Crippen LogP contribution < -0.4 is 0 Å². The van der Waals surface area contributed by atoms with Crippen molar-refractivity contribution in [1.29, 1.82) is 0 Å². The first kappa shape index (κ1) is 14.4. The number of aliphatic hydroxyl groups excluding tert-OH is 1. The van der Waals surface area contributed by atoms with Gasteiger partial charge >= 0.3 is 0 Å². The largest absolute Gasteiger partial charge is 0.408 e. The van der Waals surface area contributed by atoms with Crippen LogP contribution in [0.1, 0.15) is 32.4 Å². The first-order valence-electron chi connectivity index (χ1n) is 6.11. The molecule has 0 aliphatic carbocycles. The van der Waals surface area contributed by atoms with Crippen molar-refractivity contribution in [2.45, 2.75) is 45.0 Å². The SMILES string of the molecule is CC(C)(C)[Si](C)(C)OC(CO)c1ccccc1. The van der Waals surface area contributed by atoms with Gasteiger partial charge in [0.2, 0.25) is 0 Å². The molecule has 1 unspecified atom stereocenters. The Morgan fingerprint density at radius 3 is 2.12 bits per heavy atom. The van der Waals surface area contributed by atoms with Gasteiger partial charge in [-0.15, -0.1) is 0 Å². The van der Waals surface area contributed by atoms with Crippen LogP contribution in [0.15, 0.2) is 30.3 Å². The minimum absolute atomic E-state index is 0.0382. The Morgan fingerprint density at radius 2 is 1.71 bits per heavy atom. The van der Waals surface area contributed by atoms with E-state index >= 15 is 0 Å². The van der Waals surface area contributed by atoms with Crippen molar-refractivity contribution in [1.82, 2.24) is 0 Å². The minimum Gasteiger partial charge on any atom is -0.408 e. The molecular formula is C14H24O2Si. The lowest BCUT2D eigenvalue weighted by Gasteiger charge is -2.39. The summed E-state index contributed by atoms with van der Waals surface area (Å²) in [5.74, 6) is 0. The summed E-state index contributed by atoms with van der Waals surface area (Å²) in [6.07, 6.45) is -0.197. The number of hydrogen-bond donors (Lipinski definition) is 1. The Labute approximate surface area is 106 Å². The van der Waals surface area contributed by atoms with Gasteiger partial charge in [-0.1, -0.05) is 51.1 Å². The van der Waals surface area contributed by atoms with Gasteiger partial charge < -0.3 is 9.53 Å². The summed E-state index contributed by atoms with van der Waals surface area (Å²) in [7, 11) is -1.83. The van der Waals surface area contributed by atoms with Crippen LogP contribution in [0.3, 0.4) is 0 Å². The minimum atomic E-state index is -1.83. The molecule has 0 aliphatic heterocycles. The molecule has 0 radical (unpaired) electrons. The second-order valence-corrected chi connectivity index (χ2v) is 10.7. The van der Waals surface area contributed by atoms with Gasteiger partial charge in [-0.25, -0.2) is 0 Å². The Kier molecular flexibility index (Phi) is 4.53. The molecule has 0 amide bonds. The van der Waals surface area contributed by atoms with Crippen molar-refractivity contribution in [2.75, 3.05) is 6.61 Å². The summed E-state index contributed by atoms with van der Waals surface area (Å²) >= 11 is 0. The fraction of sp³-hybridized carbons (Fsp3) is 0.571. The second-order valence-electron chi connectivity index (χ2n) is 5.96. The molecule has 1 aromatic carbocycles. The van der Waals surface area contributed by atoms with Crippen molar-refractivity contribution < 1.29 is 9.53 Å². The Bertz CT molecular complexity index is 341. The quantitative estimate of drug-likeness (QED) is 0.827. The first-order chi connectivity index (χ1) is 7.78. The zero-order valence-corrected chi connectivity index (χ0v) is 12.5. The number of rotatable bonds is 4. The van der Waals surface area contributed by atoms with Crippen LogP contribution in [0.25, 0.3) is 0 Å². The van der Waals surface area contributed by atoms with E-state index in [2.05, 4.69) is 33.9 Å². The summed E-state index contributed by atoms with van der Waals surface area (Å²) in [6, 6.07) is 9.95. The van der Waals surface area contributed by atoms with Crippen LogP contribution >= 0.6 is 0 Å². The summed E-state index contributed by atoms with van der Waals surface area (Å²) in [5.41, 5.74) is 1.06. The predicted molar refractivity (Wildman–Crippen MR) is 74.6 cm³/mol. The van der Waals surface area contributed by atoms with E-state index in [4.69, 9.17) is 4.43 Å². The first-order valence-corrected chi connectivity index (χ1v) is 9.02. The van der Waals surface area contributed by atoms with Gasteiger partial charge in [-0.2, -0.15) is 0 Å². The third-order valence-corrected chi connectivity index (χ3v) is 8.07. The van der Waals surface area contributed by atoms with Crippen LogP contribution in [0, 0.1) is 0 Å². The van der Waals surface area contributed by atoms with E-state index in [-0.39, 0.29) is 17.7 Å². The van der Waals surface area contributed by atoms with Crippen molar-refractivity contribution in [2.24, 2.45) is 0 Å². The van der Waals surface area contributed by atoms with Crippen molar-refractivity contribution >= 4 is 8.32 Å². The Balaban J connectivity index is 2.85. The molecule has 0 fully saturated rings. The molecule has 0 bridgehead atoms. The predicted octanol–water partition coefficient (Wildman–Crippen LogP) is 3.74. The molecule has 0 saturated carbocycles. The normalized spacial score (nSPS) is 14.7. The molecule has 1 atom stereocenters. The van der Waals surface area contributed by atoms with Gasteiger partial charge in [-0.05, 0) is 23.7 Å².